The third-order valence-corrected chi connectivity index (χ3v) is 3.75. The van der Waals surface area contributed by atoms with Gasteiger partial charge in [-0.1, -0.05) is 6.92 Å². The number of nitrogens with zero attached hydrogens (tertiary/aromatic N) is 2. The predicted molar refractivity (Wildman–Crippen MR) is 70.1 cm³/mol. The molecule has 1 aromatic heterocycles. The highest BCUT2D eigenvalue weighted by atomic mass is 16.3. The number of aryl methyl sites for hydroxylation is 1. The van der Waals surface area contributed by atoms with E-state index in [1.54, 1.807) is 0 Å². The number of aliphatic hydroxyl groups excluding tert-OH is 1. The van der Waals surface area contributed by atoms with Crippen LogP contribution in [0.25, 0.3) is 0 Å². The van der Waals surface area contributed by atoms with Gasteiger partial charge in [-0.05, 0) is 49.8 Å². The van der Waals surface area contributed by atoms with E-state index < -0.39 is 0 Å². The Hall–Kier alpha value is -1.09. The zero-order valence-electron chi connectivity index (χ0n) is 11.0. The molecule has 2 rings (SSSR count). The summed E-state index contributed by atoms with van der Waals surface area (Å²) in [5, 5.41) is 9.28. The molecule has 3 nitrogen and oxygen atoms in total. The highest BCUT2D eigenvalue weighted by Gasteiger charge is 2.31. The zero-order valence-corrected chi connectivity index (χ0v) is 11.0. The number of aromatic nitrogens is 1. The quantitative estimate of drug-likeness (QED) is 0.849. The maximum absolute atomic E-state index is 9.28. The third-order valence-electron chi connectivity index (χ3n) is 3.75. The number of rotatable bonds is 5. The summed E-state index contributed by atoms with van der Waals surface area (Å²) in [6.07, 6.45) is 3.59. The van der Waals surface area contributed by atoms with Crippen LogP contribution < -0.4 is 4.90 Å². The molecule has 94 valence electrons. The van der Waals surface area contributed by atoms with Crippen LogP contribution in [-0.4, -0.2) is 23.2 Å². The second-order valence-corrected chi connectivity index (χ2v) is 5.03. The molecule has 0 aliphatic heterocycles. The minimum Gasteiger partial charge on any atom is -0.392 e. The van der Waals surface area contributed by atoms with Crippen molar-refractivity contribution in [3.8, 4) is 0 Å². The standard InChI is InChI=1S/C14H22N2O/c1-4-13-7-11(9-17)8-14(15-13)16(3)10(2)12-5-6-12/h7-8,10,12,17H,4-6,9H2,1-3H3. The van der Waals surface area contributed by atoms with E-state index in [2.05, 4.69) is 30.8 Å². The first-order valence-electron chi connectivity index (χ1n) is 6.49. The Labute approximate surface area is 103 Å². The fourth-order valence-corrected chi connectivity index (χ4v) is 2.19. The molecule has 1 aliphatic rings. The Morgan fingerprint density at radius 1 is 1.47 bits per heavy atom. The molecule has 0 saturated heterocycles. The molecule has 1 heterocycles. The van der Waals surface area contributed by atoms with Crippen molar-refractivity contribution < 1.29 is 5.11 Å². The van der Waals surface area contributed by atoms with Crippen LogP contribution in [0.3, 0.4) is 0 Å². The van der Waals surface area contributed by atoms with Crippen LogP contribution in [0.5, 0.6) is 0 Å². The average Bonchev–Trinajstić information content (AvgIpc) is 3.20. The van der Waals surface area contributed by atoms with Crippen LogP contribution in [0, 0.1) is 5.92 Å². The Bertz CT molecular complexity index is 366. The van der Waals surface area contributed by atoms with Gasteiger partial charge in [0.25, 0.3) is 0 Å². The van der Waals surface area contributed by atoms with Gasteiger partial charge in [0.1, 0.15) is 5.82 Å². The van der Waals surface area contributed by atoms with Crippen molar-refractivity contribution in [2.45, 2.75) is 45.8 Å². The van der Waals surface area contributed by atoms with Crippen LogP contribution in [0.4, 0.5) is 5.82 Å². The molecule has 17 heavy (non-hydrogen) atoms. The predicted octanol–water partition coefficient (Wildman–Crippen LogP) is 2.37. The fraction of sp³-hybridized carbons (Fsp3) is 0.643. The first-order chi connectivity index (χ1) is 8.15. The molecule has 1 fully saturated rings. The molecule has 0 bridgehead atoms. The van der Waals surface area contributed by atoms with Crippen molar-refractivity contribution in [2.75, 3.05) is 11.9 Å². The van der Waals surface area contributed by atoms with Crippen LogP contribution in [0.2, 0.25) is 0 Å². The van der Waals surface area contributed by atoms with E-state index in [-0.39, 0.29) is 6.61 Å². The van der Waals surface area contributed by atoms with E-state index in [0.717, 1.165) is 29.4 Å². The van der Waals surface area contributed by atoms with Crippen LogP contribution in [0.15, 0.2) is 12.1 Å². The molecular formula is C14H22N2O. The van der Waals surface area contributed by atoms with Crippen molar-refractivity contribution in [1.82, 2.24) is 4.98 Å². The molecular weight excluding hydrogens is 212 g/mol. The van der Waals surface area contributed by atoms with E-state index in [9.17, 15) is 5.11 Å². The molecule has 0 aromatic carbocycles. The van der Waals surface area contributed by atoms with Gasteiger partial charge < -0.3 is 10.0 Å². The summed E-state index contributed by atoms with van der Waals surface area (Å²) in [6, 6.07) is 4.53. The molecule has 1 N–H and O–H groups in total. The van der Waals surface area contributed by atoms with Gasteiger partial charge in [0, 0.05) is 18.8 Å². The maximum atomic E-state index is 9.28. The monoisotopic (exact) mass is 234 g/mol. The van der Waals surface area contributed by atoms with Gasteiger partial charge in [0.15, 0.2) is 0 Å². The largest absolute Gasteiger partial charge is 0.392 e. The molecule has 0 radical (unpaired) electrons. The van der Waals surface area contributed by atoms with Gasteiger partial charge in [-0.25, -0.2) is 4.98 Å². The van der Waals surface area contributed by atoms with Gasteiger partial charge in [0.05, 0.1) is 6.61 Å². The minimum absolute atomic E-state index is 0.0914. The topological polar surface area (TPSA) is 36.4 Å². The highest BCUT2D eigenvalue weighted by Crippen LogP contribution is 2.36. The lowest BCUT2D eigenvalue weighted by Crippen LogP contribution is -2.31. The smallest absolute Gasteiger partial charge is 0.129 e. The van der Waals surface area contributed by atoms with Gasteiger partial charge in [-0.15, -0.1) is 0 Å². The highest BCUT2D eigenvalue weighted by molar-refractivity contribution is 5.43. The molecule has 0 amide bonds. The van der Waals surface area contributed by atoms with Gasteiger partial charge in [-0.3, -0.25) is 0 Å². The van der Waals surface area contributed by atoms with Crippen molar-refractivity contribution >= 4 is 5.82 Å². The van der Waals surface area contributed by atoms with E-state index >= 15 is 0 Å². The van der Waals surface area contributed by atoms with Gasteiger partial charge in [0.2, 0.25) is 0 Å². The summed E-state index contributed by atoms with van der Waals surface area (Å²) in [4.78, 5) is 6.89. The van der Waals surface area contributed by atoms with Crippen molar-refractivity contribution in [3.63, 3.8) is 0 Å². The number of hydrogen-bond donors (Lipinski definition) is 1. The molecule has 1 aliphatic carbocycles. The van der Waals surface area contributed by atoms with E-state index in [4.69, 9.17) is 0 Å². The Morgan fingerprint density at radius 2 is 2.18 bits per heavy atom. The number of hydrogen-bond acceptors (Lipinski definition) is 3. The molecule has 1 aromatic rings. The Kier molecular flexibility index (Phi) is 3.67. The average molecular weight is 234 g/mol. The second-order valence-electron chi connectivity index (χ2n) is 5.03. The number of aliphatic hydroxyl groups is 1. The zero-order chi connectivity index (χ0) is 12.4. The second kappa shape index (κ2) is 5.05. The lowest BCUT2D eigenvalue weighted by molar-refractivity contribution is 0.281. The molecule has 3 heteroatoms. The van der Waals surface area contributed by atoms with Crippen LogP contribution in [0.1, 0.15) is 37.9 Å². The Morgan fingerprint density at radius 3 is 2.71 bits per heavy atom. The van der Waals surface area contributed by atoms with Crippen molar-refractivity contribution in [1.29, 1.82) is 0 Å². The van der Waals surface area contributed by atoms with Crippen LogP contribution >= 0.6 is 0 Å². The molecule has 1 atom stereocenters. The fourth-order valence-electron chi connectivity index (χ4n) is 2.19. The normalized spacial score (nSPS) is 16.9. The summed E-state index contributed by atoms with van der Waals surface area (Å²) < 4.78 is 0. The lowest BCUT2D eigenvalue weighted by atomic mass is 10.1. The number of anilines is 1. The lowest BCUT2D eigenvalue weighted by Gasteiger charge is -2.26. The first-order valence-corrected chi connectivity index (χ1v) is 6.49. The van der Waals surface area contributed by atoms with Gasteiger partial charge >= 0.3 is 0 Å². The molecule has 1 saturated carbocycles. The van der Waals surface area contributed by atoms with E-state index in [1.807, 2.05) is 12.1 Å². The van der Waals surface area contributed by atoms with Gasteiger partial charge in [-0.2, -0.15) is 0 Å². The summed E-state index contributed by atoms with van der Waals surface area (Å²) in [6.45, 7) is 4.45. The minimum atomic E-state index is 0.0914. The number of pyridine rings is 1. The summed E-state index contributed by atoms with van der Waals surface area (Å²) in [5.74, 6) is 1.82. The SMILES string of the molecule is CCc1cc(CO)cc(N(C)C(C)C2CC2)n1. The summed E-state index contributed by atoms with van der Waals surface area (Å²) in [5.41, 5.74) is 2.02. The summed E-state index contributed by atoms with van der Waals surface area (Å²) >= 11 is 0. The van der Waals surface area contributed by atoms with Crippen molar-refractivity contribution in [3.05, 3.63) is 23.4 Å². The van der Waals surface area contributed by atoms with Crippen LogP contribution in [-0.2, 0) is 13.0 Å². The van der Waals surface area contributed by atoms with E-state index in [1.165, 1.54) is 12.8 Å². The summed E-state index contributed by atoms with van der Waals surface area (Å²) in [7, 11) is 2.10. The maximum Gasteiger partial charge on any atom is 0.129 e. The van der Waals surface area contributed by atoms with E-state index in [0.29, 0.717) is 6.04 Å². The van der Waals surface area contributed by atoms with Crippen molar-refractivity contribution in [2.24, 2.45) is 5.92 Å². The molecule has 0 spiro atoms. The Balaban J connectivity index is 2.23. The first kappa shape index (κ1) is 12.4. The molecule has 1 unspecified atom stereocenters. The third kappa shape index (κ3) is 2.78.